The van der Waals surface area contributed by atoms with E-state index in [2.05, 4.69) is 10.4 Å². The molecule has 2 aromatic carbocycles. The second-order valence-corrected chi connectivity index (χ2v) is 7.52. The van der Waals surface area contributed by atoms with Gasteiger partial charge < -0.3 is 19.5 Å². The van der Waals surface area contributed by atoms with Crippen molar-refractivity contribution in [1.82, 2.24) is 10.3 Å². The minimum absolute atomic E-state index is 0.262. The highest BCUT2D eigenvalue weighted by Crippen LogP contribution is 2.39. The predicted octanol–water partition coefficient (Wildman–Crippen LogP) is 2.92. The molecule has 0 aliphatic carbocycles. The van der Waals surface area contributed by atoms with Crippen LogP contribution in [0.2, 0.25) is 0 Å². The quantitative estimate of drug-likeness (QED) is 0.559. The molecular weight excluding hydrogens is 422 g/mol. The third-order valence-electron chi connectivity index (χ3n) is 4.24. The molecule has 31 heavy (non-hydrogen) atoms. The van der Waals surface area contributed by atoms with E-state index in [4.69, 9.17) is 14.2 Å². The number of nitrogens with zero attached hydrogens (tertiary/aromatic N) is 2. The van der Waals surface area contributed by atoms with Crippen LogP contribution in [0.15, 0.2) is 47.6 Å². The van der Waals surface area contributed by atoms with Gasteiger partial charge in [0.1, 0.15) is 11.1 Å². The van der Waals surface area contributed by atoms with Gasteiger partial charge in [0, 0.05) is 13.8 Å². The first-order valence-corrected chi connectivity index (χ1v) is 10.1. The number of methoxy groups -OCH3 is 2. The van der Waals surface area contributed by atoms with Gasteiger partial charge in [-0.1, -0.05) is 23.9 Å². The standard InChI is InChI=1S/C21H21N3O6S/c1-12(25)22-21-23-24(13(2)26)19(31-21)14-5-8-16(9-6-14)30-20(27)15-7-10-17(28-3)18(11-15)29-4/h5-11,19H,1-4H3,(H,22,23,25)/t19-/m1/s1. The number of rotatable bonds is 5. The van der Waals surface area contributed by atoms with Crippen molar-refractivity contribution in [3.8, 4) is 17.2 Å². The third kappa shape index (κ3) is 5.15. The summed E-state index contributed by atoms with van der Waals surface area (Å²) in [6, 6.07) is 11.5. The molecule has 0 spiro atoms. The number of benzene rings is 2. The lowest BCUT2D eigenvalue weighted by atomic mass is 10.2. The second-order valence-electron chi connectivity index (χ2n) is 6.45. The van der Waals surface area contributed by atoms with E-state index in [9.17, 15) is 14.4 Å². The van der Waals surface area contributed by atoms with E-state index < -0.39 is 11.3 Å². The van der Waals surface area contributed by atoms with Crippen molar-refractivity contribution in [2.24, 2.45) is 5.10 Å². The maximum Gasteiger partial charge on any atom is 0.343 e. The van der Waals surface area contributed by atoms with Crippen LogP contribution in [0.4, 0.5) is 0 Å². The van der Waals surface area contributed by atoms with Crippen molar-refractivity contribution in [3.05, 3.63) is 53.6 Å². The van der Waals surface area contributed by atoms with Crippen LogP contribution < -0.4 is 19.5 Å². The van der Waals surface area contributed by atoms with Gasteiger partial charge in [-0.2, -0.15) is 0 Å². The minimum atomic E-state index is -0.550. The summed E-state index contributed by atoms with van der Waals surface area (Å²) < 4.78 is 15.8. The molecule has 2 aromatic rings. The second kappa shape index (κ2) is 9.52. The van der Waals surface area contributed by atoms with Crippen LogP contribution in [-0.4, -0.2) is 42.2 Å². The van der Waals surface area contributed by atoms with Crippen LogP contribution in [0, 0.1) is 0 Å². The number of hydrogen-bond acceptors (Lipinski definition) is 8. The number of hydrazone groups is 1. The van der Waals surface area contributed by atoms with Crippen LogP contribution in [0.5, 0.6) is 17.2 Å². The van der Waals surface area contributed by atoms with Gasteiger partial charge in [0.25, 0.3) is 0 Å². The fourth-order valence-corrected chi connectivity index (χ4v) is 3.95. The predicted molar refractivity (Wildman–Crippen MR) is 115 cm³/mol. The average molecular weight is 443 g/mol. The van der Waals surface area contributed by atoms with Gasteiger partial charge in [0.2, 0.25) is 11.8 Å². The van der Waals surface area contributed by atoms with Crippen molar-refractivity contribution in [2.45, 2.75) is 19.2 Å². The van der Waals surface area contributed by atoms with E-state index in [0.29, 0.717) is 28.0 Å². The molecule has 0 radical (unpaired) electrons. The molecular formula is C21H21N3O6S. The number of carbonyl (C=O) groups excluding carboxylic acids is 3. The van der Waals surface area contributed by atoms with E-state index in [-0.39, 0.29) is 11.8 Å². The molecule has 0 unspecified atom stereocenters. The molecule has 0 saturated carbocycles. The Hall–Kier alpha value is -3.53. The fourth-order valence-electron chi connectivity index (χ4n) is 2.81. The van der Waals surface area contributed by atoms with Crippen LogP contribution in [-0.2, 0) is 9.59 Å². The summed E-state index contributed by atoms with van der Waals surface area (Å²) in [7, 11) is 3.00. The Kier molecular flexibility index (Phi) is 6.81. The topological polar surface area (TPSA) is 107 Å². The Morgan fingerprint density at radius 3 is 2.26 bits per heavy atom. The lowest BCUT2D eigenvalue weighted by molar-refractivity contribution is -0.129. The first kappa shape index (κ1) is 22.2. The molecule has 162 valence electrons. The van der Waals surface area contributed by atoms with Crippen LogP contribution in [0.25, 0.3) is 0 Å². The lowest BCUT2D eigenvalue weighted by Gasteiger charge is -2.19. The molecule has 1 atom stereocenters. The molecule has 1 N–H and O–H groups in total. The SMILES string of the molecule is COc1ccc(C(=O)Oc2ccc([C@H]3SC(NC(C)=O)=NN3C(C)=O)cc2)cc1OC. The van der Waals surface area contributed by atoms with E-state index in [1.165, 1.54) is 50.9 Å². The smallest absolute Gasteiger partial charge is 0.343 e. The van der Waals surface area contributed by atoms with Crippen molar-refractivity contribution in [3.63, 3.8) is 0 Å². The normalized spacial score (nSPS) is 15.2. The summed E-state index contributed by atoms with van der Waals surface area (Å²) >= 11 is 1.24. The first-order chi connectivity index (χ1) is 14.8. The fraction of sp³-hybridized carbons (Fsp3) is 0.238. The maximum absolute atomic E-state index is 12.5. The number of hydrogen-bond donors (Lipinski definition) is 1. The molecule has 1 aliphatic rings. The molecule has 0 aromatic heterocycles. The number of nitrogens with one attached hydrogen (secondary N) is 1. The number of amides is 2. The number of ether oxygens (including phenoxy) is 3. The van der Waals surface area contributed by atoms with E-state index in [1.54, 1.807) is 36.4 Å². The summed E-state index contributed by atoms with van der Waals surface area (Å²) in [5.74, 6) is 0.183. The Morgan fingerprint density at radius 2 is 1.68 bits per heavy atom. The molecule has 9 nitrogen and oxygen atoms in total. The summed E-state index contributed by atoms with van der Waals surface area (Å²) in [6.45, 7) is 2.77. The van der Waals surface area contributed by atoms with Gasteiger partial charge >= 0.3 is 5.97 Å². The monoisotopic (exact) mass is 443 g/mol. The molecule has 3 rings (SSSR count). The summed E-state index contributed by atoms with van der Waals surface area (Å²) in [5, 5.41) is 7.94. The minimum Gasteiger partial charge on any atom is -0.493 e. The highest BCUT2D eigenvalue weighted by atomic mass is 32.2. The van der Waals surface area contributed by atoms with Gasteiger partial charge in [-0.05, 0) is 35.9 Å². The molecule has 1 aliphatic heterocycles. The van der Waals surface area contributed by atoms with Gasteiger partial charge in [-0.15, -0.1) is 5.10 Å². The highest BCUT2D eigenvalue weighted by molar-refractivity contribution is 8.14. The van der Waals surface area contributed by atoms with Crippen LogP contribution in [0.3, 0.4) is 0 Å². The van der Waals surface area contributed by atoms with Crippen LogP contribution >= 0.6 is 11.8 Å². The van der Waals surface area contributed by atoms with Gasteiger partial charge in [-0.25, -0.2) is 9.80 Å². The Balaban J connectivity index is 1.72. The Bertz CT molecular complexity index is 1040. The van der Waals surface area contributed by atoms with Gasteiger partial charge in [0.15, 0.2) is 16.7 Å². The largest absolute Gasteiger partial charge is 0.493 e. The summed E-state index contributed by atoms with van der Waals surface area (Å²) in [4.78, 5) is 35.7. The number of amidine groups is 1. The zero-order chi connectivity index (χ0) is 22.5. The van der Waals surface area contributed by atoms with Gasteiger partial charge in [0.05, 0.1) is 19.8 Å². The zero-order valence-electron chi connectivity index (χ0n) is 17.4. The van der Waals surface area contributed by atoms with E-state index >= 15 is 0 Å². The van der Waals surface area contributed by atoms with Crippen molar-refractivity contribution < 1.29 is 28.6 Å². The average Bonchev–Trinajstić information content (AvgIpc) is 3.17. The Morgan fingerprint density at radius 1 is 1.00 bits per heavy atom. The Labute approximate surface area is 183 Å². The molecule has 2 amide bonds. The zero-order valence-corrected chi connectivity index (χ0v) is 18.2. The molecule has 10 heteroatoms. The van der Waals surface area contributed by atoms with Crippen molar-refractivity contribution >= 4 is 34.7 Å². The number of carbonyl (C=O) groups is 3. The summed E-state index contributed by atoms with van der Waals surface area (Å²) in [6.07, 6.45) is 0. The van der Waals surface area contributed by atoms with E-state index in [0.717, 1.165) is 5.56 Å². The molecule has 0 fully saturated rings. The number of esters is 1. The van der Waals surface area contributed by atoms with Crippen molar-refractivity contribution in [2.75, 3.05) is 14.2 Å². The van der Waals surface area contributed by atoms with E-state index in [1.807, 2.05) is 0 Å². The lowest BCUT2D eigenvalue weighted by Crippen LogP contribution is -2.25. The maximum atomic E-state index is 12.5. The molecule has 0 saturated heterocycles. The third-order valence-corrected chi connectivity index (χ3v) is 5.35. The summed E-state index contributed by atoms with van der Waals surface area (Å²) in [5.41, 5.74) is 1.07. The first-order valence-electron chi connectivity index (χ1n) is 9.19. The number of thioether (sulfide) groups is 1. The molecule has 0 bridgehead atoms. The van der Waals surface area contributed by atoms with Crippen molar-refractivity contribution in [1.29, 1.82) is 0 Å². The van der Waals surface area contributed by atoms with Gasteiger partial charge in [-0.3, -0.25) is 9.59 Å². The molecule has 1 heterocycles. The van der Waals surface area contributed by atoms with Crippen LogP contribution in [0.1, 0.15) is 35.1 Å². The highest BCUT2D eigenvalue weighted by Gasteiger charge is 2.32.